The Hall–Kier alpha value is -2.65. The second-order valence-corrected chi connectivity index (χ2v) is 7.77. The molecule has 4 amide bonds. The second kappa shape index (κ2) is 9.23. The number of urea groups is 1. The molecule has 9 nitrogen and oxygen atoms in total. The van der Waals surface area contributed by atoms with Crippen LogP contribution in [0.1, 0.15) is 26.7 Å². The van der Waals surface area contributed by atoms with Crippen molar-refractivity contribution in [2.24, 2.45) is 5.92 Å². The number of hydrogen-bond donors (Lipinski definition) is 3. The zero-order valence-corrected chi connectivity index (χ0v) is 16.9. The minimum Gasteiger partial charge on any atom is -0.397 e. The summed E-state index contributed by atoms with van der Waals surface area (Å²) in [7, 11) is 0. The molecule has 0 aromatic heterocycles. The largest absolute Gasteiger partial charge is 0.397 e. The lowest BCUT2D eigenvalue weighted by Crippen LogP contribution is -2.47. The molecule has 4 N–H and O–H groups in total. The number of ether oxygens (including phenoxy) is 1. The molecule has 9 heteroatoms. The van der Waals surface area contributed by atoms with E-state index in [0.717, 1.165) is 19.4 Å². The number of nitrogen functional groups attached to an aromatic ring is 1. The molecule has 0 spiro atoms. The molecule has 29 heavy (non-hydrogen) atoms. The van der Waals surface area contributed by atoms with Crippen LogP contribution in [0.5, 0.6) is 0 Å². The monoisotopic (exact) mass is 403 g/mol. The van der Waals surface area contributed by atoms with Crippen LogP contribution in [0.25, 0.3) is 0 Å². The van der Waals surface area contributed by atoms with Crippen molar-refractivity contribution in [1.82, 2.24) is 10.2 Å². The summed E-state index contributed by atoms with van der Waals surface area (Å²) in [6, 6.07) is 4.39. The van der Waals surface area contributed by atoms with Crippen LogP contribution in [0.15, 0.2) is 18.2 Å². The molecule has 3 rings (SSSR count). The van der Waals surface area contributed by atoms with Crippen LogP contribution < -0.4 is 21.3 Å². The van der Waals surface area contributed by atoms with Crippen molar-refractivity contribution >= 4 is 35.4 Å². The van der Waals surface area contributed by atoms with Crippen LogP contribution in [0, 0.1) is 5.92 Å². The first-order chi connectivity index (χ1) is 13.9. The highest BCUT2D eigenvalue weighted by molar-refractivity contribution is 6.01. The average molecular weight is 403 g/mol. The van der Waals surface area contributed by atoms with Crippen LogP contribution in [0.2, 0.25) is 0 Å². The van der Waals surface area contributed by atoms with Gasteiger partial charge in [0.25, 0.3) is 5.91 Å². The smallest absolute Gasteiger partial charge is 0.331 e. The molecule has 1 unspecified atom stereocenters. The highest BCUT2D eigenvalue weighted by Gasteiger charge is 2.31. The number of rotatable bonds is 7. The van der Waals surface area contributed by atoms with Gasteiger partial charge in [-0.25, -0.2) is 4.79 Å². The van der Waals surface area contributed by atoms with E-state index < -0.39 is 12.1 Å². The summed E-state index contributed by atoms with van der Waals surface area (Å²) in [5, 5.41) is 5.90. The van der Waals surface area contributed by atoms with Gasteiger partial charge in [0, 0.05) is 31.4 Å². The van der Waals surface area contributed by atoms with Crippen molar-refractivity contribution in [1.29, 1.82) is 0 Å². The number of carbonyl (C=O) groups excluding carboxylic acids is 3. The Kier molecular flexibility index (Phi) is 6.71. The number of anilines is 3. The summed E-state index contributed by atoms with van der Waals surface area (Å²) in [6.45, 7) is 5.81. The van der Waals surface area contributed by atoms with E-state index >= 15 is 0 Å². The fourth-order valence-corrected chi connectivity index (χ4v) is 3.29. The maximum Gasteiger partial charge on any atom is 0.331 e. The number of morpholine rings is 1. The summed E-state index contributed by atoms with van der Waals surface area (Å²) < 4.78 is 5.45. The van der Waals surface area contributed by atoms with Gasteiger partial charge in [-0.3, -0.25) is 19.4 Å². The first-order valence-corrected chi connectivity index (χ1v) is 9.98. The molecule has 0 radical (unpaired) electrons. The second-order valence-electron chi connectivity index (χ2n) is 7.77. The molecule has 2 fully saturated rings. The van der Waals surface area contributed by atoms with Crippen molar-refractivity contribution < 1.29 is 19.1 Å². The van der Waals surface area contributed by atoms with Crippen molar-refractivity contribution in [2.75, 3.05) is 42.2 Å². The van der Waals surface area contributed by atoms with E-state index in [1.54, 1.807) is 18.2 Å². The van der Waals surface area contributed by atoms with Gasteiger partial charge in [0.2, 0.25) is 6.41 Å². The zero-order chi connectivity index (χ0) is 21.0. The summed E-state index contributed by atoms with van der Waals surface area (Å²) in [5.74, 6) is 0.141. The fraction of sp³-hybridized carbons (Fsp3) is 0.550. The van der Waals surface area contributed by atoms with Gasteiger partial charge in [0.05, 0.1) is 18.0 Å². The van der Waals surface area contributed by atoms with Gasteiger partial charge in [0.15, 0.2) is 0 Å². The number of nitrogens with two attached hydrogens (primary N) is 1. The molecule has 1 saturated carbocycles. The Morgan fingerprint density at radius 3 is 2.69 bits per heavy atom. The molecule has 1 heterocycles. The van der Waals surface area contributed by atoms with Crippen molar-refractivity contribution in [3.63, 3.8) is 0 Å². The lowest BCUT2D eigenvalue weighted by molar-refractivity contribution is -0.128. The molecular formula is C20H29N5O4. The van der Waals surface area contributed by atoms with Gasteiger partial charge in [-0.1, -0.05) is 0 Å². The van der Waals surface area contributed by atoms with Crippen LogP contribution in [0.3, 0.4) is 0 Å². The number of carbonyl (C=O) groups is 3. The van der Waals surface area contributed by atoms with Gasteiger partial charge >= 0.3 is 6.03 Å². The molecule has 1 atom stereocenters. The Balaban J connectivity index is 1.74. The van der Waals surface area contributed by atoms with Gasteiger partial charge in [0.1, 0.15) is 6.10 Å². The minimum absolute atomic E-state index is 0.200. The maximum absolute atomic E-state index is 13.0. The van der Waals surface area contributed by atoms with Crippen molar-refractivity contribution in [3.05, 3.63) is 18.2 Å². The molecule has 1 aliphatic carbocycles. The number of hydrogen-bond acceptors (Lipinski definition) is 6. The lowest BCUT2D eigenvalue weighted by Gasteiger charge is -2.31. The summed E-state index contributed by atoms with van der Waals surface area (Å²) >= 11 is 0. The van der Waals surface area contributed by atoms with E-state index in [-0.39, 0.29) is 11.9 Å². The van der Waals surface area contributed by atoms with E-state index in [4.69, 9.17) is 10.5 Å². The van der Waals surface area contributed by atoms with Gasteiger partial charge in [-0.2, -0.15) is 0 Å². The van der Waals surface area contributed by atoms with Gasteiger partial charge in [-0.05, 0) is 50.8 Å². The molecular weight excluding hydrogens is 374 g/mol. The standard InChI is InChI=1S/C20H29N5O4/c1-13(2)25(20(28)24(12-26)11-14-3-4-14)17-6-5-15(9-16(17)21)23-19(27)18-10-22-7-8-29-18/h5-6,9,12-14,18,22H,3-4,7-8,10-11,21H2,1-2H3,(H,23,27). The van der Waals surface area contributed by atoms with Crippen LogP contribution in [0.4, 0.5) is 21.9 Å². The number of imide groups is 1. The first kappa shape index (κ1) is 21.1. The van der Waals surface area contributed by atoms with E-state index in [9.17, 15) is 14.4 Å². The summed E-state index contributed by atoms with van der Waals surface area (Å²) in [6.07, 6.45) is 2.10. The molecule has 1 aliphatic heterocycles. The fourth-order valence-electron chi connectivity index (χ4n) is 3.29. The predicted molar refractivity (Wildman–Crippen MR) is 111 cm³/mol. The third-order valence-corrected chi connectivity index (χ3v) is 5.02. The Bertz CT molecular complexity index is 759. The number of amides is 4. The van der Waals surface area contributed by atoms with Gasteiger partial charge < -0.3 is 21.1 Å². The maximum atomic E-state index is 13.0. The van der Waals surface area contributed by atoms with Gasteiger partial charge in [-0.15, -0.1) is 0 Å². The zero-order valence-electron chi connectivity index (χ0n) is 16.9. The SMILES string of the molecule is CC(C)N(C(=O)N(C=O)CC1CC1)c1ccc(NC(=O)C2CNCCO2)cc1N. The number of nitrogens with zero attached hydrogens (tertiary/aromatic N) is 2. The van der Waals surface area contributed by atoms with Crippen molar-refractivity contribution in [3.8, 4) is 0 Å². The Morgan fingerprint density at radius 2 is 2.14 bits per heavy atom. The van der Waals surface area contributed by atoms with Crippen LogP contribution in [-0.2, 0) is 14.3 Å². The quantitative estimate of drug-likeness (QED) is 0.468. The van der Waals surface area contributed by atoms with E-state index in [0.29, 0.717) is 49.1 Å². The van der Waals surface area contributed by atoms with E-state index in [2.05, 4.69) is 10.6 Å². The topological polar surface area (TPSA) is 117 Å². The Morgan fingerprint density at radius 1 is 1.38 bits per heavy atom. The predicted octanol–water partition coefficient (Wildman–Crippen LogP) is 1.40. The van der Waals surface area contributed by atoms with E-state index in [1.807, 2.05) is 13.8 Å². The van der Waals surface area contributed by atoms with Crippen LogP contribution >= 0.6 is 0 Å². The molecule has 1 aromatic carbocycles. The minimum atomic E-state index is -0.554. The molecule has 0 bridgehead atoms. The molecule has 2 aliphatic rings. The molecule has 1 saturated heterocycles. The summed E-state index contributed by atoms with van der Waals surface area (Å²) in [4.78, 5) is 39.5. The lowest BCUT2D eigenvalue weighted by atomic mass is 10.2. The highest BCUT2D eigenvalue weighted by atomic mass is 16.5. The van der Waals surface area contributed by atoms with E-state index in [1.165, 1.54) is 9.80 Å². The third-order valence-electron chi connectivity index (χ3n) is 5.02. The van der Waals surface area contributed by atoms with Crippen molar-refractivity contribution in [2.45, 2.75) is 38.8 Å². The molecule has 1 aromatic rings. The third kappa shape index (κ3) is 5.24. The number of benzene rings is 1. The normalized spacial score (nSPS) is 18.9. The average Bonchev–Trinajstić information content (AvgIpc) is 3.52. The Labute approximate surface area is 170 Å². The summed E-state index contributed by atoms with van der Waals surface area (Å²) in [5.41, 5.74) is 7.57. The first-order valence-electron chi connectivity index (χ1n) is 9.98. The highest BCUT2D eigenvalue weighted by Crippen LogP contribution is 2.32. The van der Waals surface area contributed by atoms with Crippen LogP contribution in [-0.4, -0.2) is 61.6 Å². The number of nitrogens with one attached hydrogen (secondary N) is 2. The molecule has 158 valence electrons.